The fourth-order valence-corrected chi connectivity index (χ4v) is 2.84. The van der Waals surface area contributed by atoms with E-state index in [-0.39, 0.29) is 11.8 Å². The number of halogens is 1. The van der Waals surface area contributed by atoms with Crippen molar-refractivity contribution in [3.05, 3.63) is 33.6 Å². The van der Waals surface area contributed by atoms with E-state index in [2.05, 4.69) is 26.1 Å². The van der Waals surface area contributed by atoms with E-state index < -0.39 is 6.10 Å². The first-order valence-electron chi connectivity index (χ1n) is 7.10. The molecule has 0 radical (unpaired) electrons. The molecule has 0 saturated carbocycles. The van der Waals surface area contributed by atoms with Crippen LogP contribution in [0.15, 0.2) is 21.1 Å². The monoisotopic (exact) mass is 352 g/mol. The Labute approximate surface area is 133 Å². The van der Waals surface area contributed by atoms with Gasteiger partial charge in [0.1, 0.15) is 0 Å². The molecule has 2 aromatic rings. The number of hydrogen-bond donors (Lipinski definition) is 1. The van der Waals surface area contributed by atoms with Gasteiger partial charge in [-0.1, -0.05) is 34.9 Å². The molecule has 0 aliphatic rings. The standard InChI is InChI=1S/C16H21BrN2O2/c1-8(2)13(11(5)20)16-18-15(19-21-16)12-6-9(3)14(17)10(4)7-12/h6-8,11,13,20H,1-5H3. The molecule has 5 heteroatoms. The number of rotatable bonds is 4. The molecule has 0 saturated heterocycles. The molecule has 0 bridgehead atoms. The fourth-order valence-electron chi connectivity index (χ4n) is 2.61. The van der Waals surface area contributed by atoms with Crippen LogP contribution in [-0.4, -0.2) is 21.4 Å². The first kappa shape index (κ1) is 16.2. The Balaban J connectivity index is 2.40. The Kier molecular flexibility index (Phi) is 4.84. The Morgan fingerprint density at radius 3 is 2.19 bits per heavy atom. The maximum absolute atomic E-state index is 9.91. The van der Waals surface area contributed by atoms with Crippen molar-refractivity contribution in [1.82, 2.24) is 10.1 Å². The van der Waals surface area contributed by atoms with Gasteiger partial charge < -0.3 is 9.63 Å². The van der Waals surface area contributed by atoms with Crippen molar-refractivity contribution < 1.29 is 9.63 Å². The summed E-state index contributed by atoms with van der Waals surface area (Å²) in [6, 6.07) is 4.05. The van der Waals surface area contributed by atoms with Gasteiger partial charge in [0, 0.05) is 10.0 Å². The third kappa shape index (κ3) is 3.35. The summed E-state index contributed by atoms with van der Waals surface area (Å²) in [7, 11) is 0. The molecule has 0 spiro atoms. The molecular weight excluding hydrogens is 332 g/mol. The van der Waals surface area contributed by atoms with Crippen molar-refractivity contribution >= 4 is 15.9 Å². The Hall–Kier alpha value is -1.20. The maximum Gasteiger partial charge on any atom is 0.232 e. The number of aliphatic hydroxyl groups is 1. The van der Waals surface area contributed by atoms with Crippen molar-refractivity contribution in [2.45, 2.75) is 46.6 Å². The van der Waals surface area contributed by atoms with Gasteiger partial charge in [-0.15, -0.1) is 0 Å². The number of nitrogens with zero attached hydrogens (tertiary/aromatic N) is 2. The first-order valence-corrected chi connectivity index (χ1v) is 7.89. The second kappa shape index (κ2) is 6.28. The third-order valence-electron chi connectivity index (χ3n) is 3.66. The van der Waals surface area contributed by atoms with Crippen LogP contribution in [0.4, 0.5) is 0 Å². The Morgan fingerprint density at radius 1 is 1.14 bits per heavy atom. The van der Waals surface area contributed by atoms with E-state index in [1.54, 1.807) is 6.92 Å². The van der Waals surface area contributed by atoms with Gasteiger partial charge in [-0.3, -0.25) is 0 Å². The molecule has 0 fully saturated rings. The summed E-state index contributed by atoms with van der Waals surface area (Å²) in [4.78, 5) is 4.48. The molecule has 0 aliphatic carbocycles. The normalized spacial score (nSPS) is 14.5. The highest BCUT2D eigenvalue weighted by molar-refractivity contribution is 9.10. The predicted octanol–water partition coefficient (Wildman–Crippen LogP) is 4.24. The van der Waals surface area contributed by atoms with E-state index in [1.165, 1.54) is 0 Å². The summed E-state index contributed by atoms with van der Waals surface area (Å²) in [6.07, 6.45) is -0.522. The summed E-state index contributed by atoms with van der Waals surface area (Å²) in [5.41, 5.74) is 3.19. The highest BCUT2D eigenvalue weighted by Crippen LogP contribution is 2.30. The van der Waals surface area contributed by atoms with Gasteiger partial charge in [0.05, 0.1) is 12.0 Å². The lowest BCUT2D eigenvalue weighted by molar-refractivity contribution is 0.120. The number of aromatic nitrogens is 2. The van der Waals surface area contributed by atoms with Gasteiger partial charge >= 0.3 is 0 Å². The summed E-state index contributed by atoms with van der Waals surface area (Å²) in [6.45, 7) is 9.90. The SMILES string of the molecule is Cc1cc(-c2noc(C(C(C)C)C(C)O)n2)cc(C)c1Br. The van der Waals surface area contributed by atoms with Gasteiger partial charge in [0.15, 0.2) is 0 Å². The summed E-state index contributed by atoms with van der Waals surface area (Å²) < 4.78 is 6.48. The van der Waals surface area contributed by atoms with Crippen LogP contribution in [0, 0.1) is 19.8 Å². The lowest BCUT2D eigenvalue weighted by atomic mass is 9.91. The van der Waals surface area contributed by atoms with E-state index in [4.69, 9.17) is 4.52 Å². The lowest BCUT2D eigenvalue weighted by Crippen LogP contribution is -2.20. The molecule has 2 atom stereocenters. The first-order chi connectivity index (χ1) is 9.81. The third-order valence-corrected chi connectivity index (χ3v) is 4.91. The van der Waals surface area contributed by atoms with Crippen molar-refractivity contribution in [3.63, 3.8) is 0 Å². The number of aliphatic hydroxyl groups excluding tert-OH is 1. The maximum atomic E-state index is 9.91. The number of benzene rings is 1. The zero-order valence-corrected chi connectivity index (χ0v) is 14.6. The smallest absolute Gasteiger partial charge is 0.232 e. The van der Waals surface area contributed by atoms with E-state index >= 15 is 0 Å². The molecule has 4 nitrogen and oxygen atoms in total. The highest BCUT2D eigenvalue weighted by atomic mass is 79.9. The minimum absolute atomic E-state index is 0.149. The summed E-state index contributed by atoms with van der Waals surface area (Å²) in [5, 5.41) is 14.0. The van der Waals surface area contributed by atoms with E-state index in [0.717, 1.165) is 21.2 Å². The fraction of sp³-hybridized carbons (Fsp3) is 0.500. The average Bonchev–Trinajstić information content (AvgIpc) is 2.83. The predicted molar refractivity (Wildman–Crippen MR) is 86.2 cm³/mol. The zero-order chi connectivity index (χ0) is 15.7. The summed E-state index contributed by atoms with van der Waals surface area (Å²) >= 11 is 3.56. The molecule has 1 aromatic heterocycles. The van der Waals surface area contributed by atoms with Gasteiger partial charge in [0.2, 0.25) is 11.7 Å². The van der Waals surface area contributed by atoms with Gasteiger partial charge in [-0.2, -0.15) is 4.98 Å². The molecule has 2 unspecified atom stereocenters. The van der Waals surface area contributed by atoms with Crippen molar-refractivity contribution in [2.75, 3.05) is 0 Å². The quantitative estimate of drug-likeness (QED) is 0.893. The van der Waals surface area contributed by atoms with E-state index in [0.29, 0.717) is 11.7 Å². The Morgan fingerprint density at radius 2 is 1.71 bits per heavy atom. The molecule has 114 valence electrons. The van der Waals surface area contributed by atoms with Crippen LogP contribution in [0.2, 0.25) is 0 Å². The number of hydrogen-bond acceptors (Lipinski definition) is 4. The minimum Gasteiger partial charge on any atom is -0.393 e. The second-order valence-electron chi connectivity index (χ2n) is 5.89. The van der Waals surface area contributed by atoms with Crippen LogP contribution >= 0.6 is 15.9 Å². The molecular formula is C16H21BrN2O2. The highest BCUT2D eigenvalue weighted by Gasteiger charge is 2.27. The largest absolute Gasteiger partial charge is 0.393 e. The van der Waals surface area contributed by atoms with Crippen LogP contribution < -0.4 is 0 Å². The minimum atomic E-state index is -0.522. The molecule has 2 rings (SSSR count). The second-order valence-corrected chi connectivity index (χ2v) is 6.68. The van der Waals surface area contributed by atoms with Crippen LogP contribution in [0.1, 0.15) is 43.7 Å². The molecule has 1 N–H and O–H groups in total. The number of aryl methyl sites for hydroxylation is 2. The van der Waals surface area contributed by atoms with Gasteiger partial charge in [-0.05, 0) is 49.9 Å². The zero-order valence-electron chi connectivity index (χ0n) is 13.0. The molecule has 0 amide bonds. The lowest BCUT2D eigenvalue weighted by Gasteiger charge is -2.19. The van der Waals surface area contributed by atoms with Crippen LogP contribution in [-0.2, 0) is 0 Å². The molecule has 1 aromatic carbocycles. The van der Waals surface area contributed by atoms with Gasteiger partial charge in [-0.25, -0.2) is 0 Å². The summed E-state index contributed by atoms with van der Waals surface area (Å²) in [5.74, 6) is 1.14. The van der Waals surface area contributed by atoms with Crippen LogP contribution in [0.25, 0.3) is 11.4 Å². The van der Waals surface area contributed by atoms with Crippen LogP contribution in [0.3, 0.4) is 0 Å². The topological polar surface area (TPSA) is 59.2 Å². The van der Waals surface area contributed by atoms with E-state index in [9.17, 15) is 5.11 Å². The van der Waals surface area contributed by atoms with E-state index in [1.807, 2.05) is 39.8 Å². The molecule has 0 aliphatic heterocycles. The van der Waals surface area contributed by atoms with Crippen molar-refractivity contribution in [1.29, 1.82) is 0 Å². The Bertz CT molecular complexity index is 604. The molecule has 1 heterocycles. The average molecular weight is 353 g/mol. The van der Waals surface area contributed by atoms with Crippen molar-refractivity contribution in [2.24, 2.45) is 5.92 Å². The molecule has 21 heavy (non-hydrogen) atoms. The van der Waals surface area contributed by atoms with Crippen LogP contribution in [0.5, 0.6) is 0 Å². The van der Waals surface area contributed by atoms with Gasteiger partial charge in [0.25, 0.3) is 0 Å². The van der Waals surface area contributed by atoms with Crippen molar-refractivity contribution in [3.8, 4) is 11.4 Å².